The SMILES string of the molecule is C1=CC(N(c2ccc(-c3ccccc3)cc2)c2cccc(-c3ccccc3-c3cccc(N(c4ccccc4)c4ccc(-c5ccccc5)cc4)c3)c2)=CCC1. The van der Waals surface area contributed by atoms with Crippen molar-refractivity contribution < 1.29 is 0 Å². The van der Waals surface area contributed by atoms with Gasteiger partial charge >= 0.3 is 0 Å². The molecule has 1 aliphatic carbocycles. The molecule has 9 rings (SSSR count). The maximum atomic E-state index is 2.39. The van der Waals surface area contributed by atoms with Crippen LogP contribution in [-0.4, -0.2) is 0 Å². The van der Waals surface area contributed by atoms with Gasteiger partial charge in [0.1, 0.15) is 0 Å². The molecule has 0 amide bonds. The average Bonchev–Trinajstić information content (AvgIpc) is 3.29. The van der Waals surface area contributed by atoms with E-state index in [-0.39, 0.29) is 0 Å². The van der Waals surface area contributed by atoms with Crippen molar-refractivity contribution in [3.05, 3.63) is 236 Å². The number of benzene rings is 8. The summed E-state index contributed by atoms with van der Waals surface area (Å²) in [5, 5.41) is 0. The molecule has 0 radical (unpaired) electrons. The highest BCUT2D eigenvalue weighted by atomic mass is 15.1. The van der Waals surface area contributed by atoms with E-state index in [0.29, 0.717) is 0 Å². The predicted molar refractivity (Wildman–Crippen MR) is 238 cm³/mol. The van der Waals surface area contributed by atoms with Crippen LogP contribution in [0.15, 0.2) is 236 Å². The molecule has 0 atom stereocenters. The summed E-state index contributed by atoms with van der Waals surface area (Å²) >= 11 is 0. The number of hydrogen-bond acceptors (Lipinski definition) is 2. The van der Waals surface area contributed by atoms with Crippen molar-refractivity contribution in [2.24, 2.45) is 0 Å². The number of hydrogen-bond donors (Lipinski definition) is 0. The third-order valence-corrected chi connectivity index (χ3v) is 10.5. The number of nitrogens with zero attached hydrogens (tertiary/aromatic N) is 2. The van der Waals surface area contributed by atoms with Crippen LogP contribution in [-0.2, 0) is 0 Å². The monoisotopic (exact) mass is 718 g/mol. The van der Waals surface area contributed by atoms with Gasteiger partial charge in [-0.15, -0.1) is 0 Å². The zero-order valence-electron chi connectivity index (χ0n) is 31.2. The summed E-state index contributed by atoms with van der Waals surface area (Å²) in [6.07, 6.45) is 8.99. The van der Waals surface area contributed by atoms with Crippen molar-refractivity contribution in [1.29, 1.82) is 0 Å². The highest BCUT2D eigenvalue weighted by Crippen LogP contribution is 2.41. The molecular weight excluding hydrogens is 677 g/mol. The lowest BCUT2D eigenvalue weighted by Crippen LogP contribution is -2.16. The smallest absolute Gasteiger partial charge is 0.0467 e. The van der Waals surface area contributed by atoms with Crippen LogP contribution in [0.5, 0.6) is 0 Å². The molecule has 0 saturated heterocycles. The van der Waals surface area contributed by atoms with Crippen LogP contribution in [0.2, 0.25) is 0 Å². The molecule has 2 nitrogen and oxygen atoms in total. The molecule has 8 aromatic carbocycles. The van der Waals surface area contributed by atoms with Crippen molar-refractivity contribution in [2.45, 2.75) is 12.8 Å². The molecule has 0 aromatic heterocycles. The summed E-state index contributed by atoms with van der Waals surface area (Å²) in [5.74, 6) is 0. The molecule has 0 heterocycles. The topological polar surface area (TPSA) is 6.48 Å². The van der Waals surface area contributed by atoms with Crippen molar-refractivity contribution in [3.63, 3.8) is 0 Å². The standard InChI is InChI=1S/C54H42N2/c1-5-17-41(18-6-1)43-31-35-49(36-32-43)55(47-23-9-3-10-24-47)51-27-15-21-45(39-51)53-29-13-14-30-54(53)46-22-16-28-52(40-46)56(48-25-11-4-12-26-48)50-37-33-44(34-38-50)42-19-7-2-8-20-42/h1-3,5-11,13-40H,4,12H2. The van der Waals surface area contributed by atoms with Crippen LogP contribution < -0.4 is 9.80 Å². The second kappa shape index (κ2) is 16.1. The van der Waals surface area contributed by atoms with E-state index in [2.05, 4.69) is 240 Å². The zero-order chi connectivity index (χ0) is 37.5. The molecule has 1 aliphatic rings. The van der Waals surface area contributed by atoms with E-state index >= 15 is 0 Å². The Labute approximate surface area is 330 Å². The quantitative estimate of drug-likeness (QED) is 0.139. The summed E-state index contributed by atoms with van der Waals surface area (Å²) < 4.78 is 0. The maximum absolute atomic E-state index is 2.39. The molecule has 0 N–H and O–H groups in total. The van der Waals surface area contributed by atoms with Gasteiger partial charge < -0.3 is 9.80 Å². The highest BCUT2D eigenvalue weighted by molar-refractivity contribution is 5.88. The van der Waals surface area contributed by atoms with E-state index < -0.39 is 0 Å². The summed E-state index contributed by atoms with van der Waals surface area (Å²) in [4.78, 5) is 4.73. The molecule has 56 heavy (non-hydrogen) atoms. The molecule has 0 saturated carbocycles. The third-order valence-electron chi connectivity index (χ3n) is 10.5. The Bertz CT molecular complexity index is 2610. The highest BCUT2D eigenvalue weighted by Gasteiger charge is 2.18. The van der Waals surface area contributed by atoms with Crippen LogP contribution >= 0.6 is 0 Å². The zero-order valence-corrected chi connectivity index (χ0v) is 31.2. The van der Waals surface area contributed by atoms with Gasteiger partial charge in [0.05, 0.1) is 0 Å². The van der Waals surface area contributed by atoms with Crippen LogP contribution in [0.25, 0.3) is 44.5 Å². The van der Waals surface area contributed by atoms with Gasteiger partial charge in [0, 0.05) is 34.1 Å². The molecule has 0 spiro atoms. The van der Waals surface area contributed by atoms with E-state index in [9.17, 15) is 0 Å². The van der Waals surface area contributed by atoms with Crippen LogP contribution in [0.3, 0.4) is 0 Å². The van der Waals surface area contributed by atoms with Gasteiger partial charge in [0.25, 0.3) is 0 Å². The number of allylic oxidation sites excluding steroid dienone is 3. The summed E-state index contributed by atoms with van der Waals surface area (Å²) in [6.45, 7) is 0. The van der Waals surface area contributed by atoms with Crippen molar-refractivity contribution >= 4 is 28.4 Å². The van der Waals surface area contributed by atoms with Gasteiger partial charge in [-0.25, -0.2) is 0 Å². The predicted octanol–water partition coefficient (Wildman–Crippen LogP) is 15.2. The lowest BCUT2D eigenvalue weighted by Gasteiger charge is -2.28. The second-order valence-corrected chi connectivity index (χ2v) is 14.1. The molecule has 0 aliphatic heterocycles. The Balaban J connectivity index is 1.08. The molecule has 0 bridgehead atoms. The lowest BCUT2D eigenvalue weighted by atomic mass is 9.93. The first-order chi connectivity index (χ1) is 27.8. The van der Waals surface area contributed by atoms with Crippen molar-refractivity contribution in [1.82, 2.24) is 0 Å². The van der Waals surface area contributed by atoms with Crippen LogP contribution in [0, 0.1) is 0 Å². The molecule has 8 aromatic rings. The number of para-hydroxylation sites is 1. The Morgan fingerprint density at radius 2 is 0.679 bits per heavy atom. The minimum absolute atomic E-state index is 1.03. The summed E-state index contributed by atoms with van der Waals surface area (Å²) in [7, 11) is 0. The van der Waals surface area contributed by atoms with Crippen molar-refractivity contribution in [3.8, 4) is 44.5 Å². The van der Waals surface area contributed by atoms with Gasteiger partial charge in [-0.3, -0.25) is 0 Å². The Morgan fingerprint density at radius 1 is 0.286 bits per heavy atom. The van der Waals surface area contributed by atoms with Crippen molar-refractivity contribution in [2.75, 3.05) is 9.80 Å². The van der Waals surface area contributed by atoms with E-state index in [0.717, 1.165) is 46.8 Å². The Kier molecular flexibility index (Phi) is 9.92. The van der Waals surface area contributed by atoms with Gasteiger partial charge in [0.2, 0.25) is 0 Å². The Morgan fingerprint density at radius 3 is 1.18 bits per heavy atom. The van der Waals surface area contributed by atoms with Gasteiger partial charge in [-0.2, -0.15) is 0 Å². The van der Waals surface area contributed by atoms with Gasteiger partial charge in [-0.05, 0) is 124 Å². The van der Waals surface area contributed by atoms with E-state index in [4.69, 9.17) is 0 Å². The average molecular weight is 719 g/mol. The van der Waals surface area contributed by atoms with E-state index in [1.807, 2.05) is 0 Å². The van der Waals surface area contributed by atoms with E-state index in [1.54, 1.807) is 0 Å². The molecule has 0 unspecified atom stereocenters. The minimum Gasteiger partial charge on any atom is -0.311 e. The lowest BCUT2D eigenvalue weighted by molar-refractivity contribution is 0.997. The number of anilines is 5. The second-order valence-electron chi connectivity index (χ2n) is 14.1. The molecule has 2 heteroatoms. The number of rotatable bonds is 10. The fraction of sp³-hybridized carbons (Fsp3) is 0.0370. The van der Waals surface area contributed by atoms with Crippen LogP contribution in [0.4, 0.5) is 28.4 Å². The Hall–Kier alpha value is -7.16. The minimum atomic E-state index is 1.03. The largest absolute Gasteiger partial charge is 0.311 e. The van der Waals surface area contributed by atoms with Crippen LogP contribution in [0.1, 0.15) is 12.8 Å². The fourth-order valence-corrected chi connectivity index (χ4v) is 7.72. The first-order valence-electron chi connectivity index (χ1n) is 19.4. The first kappa shape index (κ1) is 34.6. The summed E-state index contributed by atoms with van der Waals surface area (Å²) in [6, 6.07) is 76.3. The normalized spacial score (nSPS) is 12.2. The fourth-order valence-electron chi connectivity index (χ4n) is 7.72. The maximum Gasteiger partial charge on any atom is 0.0467 e. The van der Waals surface area contributed by atoms with E-state index in [1.165, 1.54) is 44.6 Å². The molecule has 0 fully saturated rings. The van der Waals surface area contributed by atoms with Gasteiger partial charge in [0.15, 0.2) is 0 Å². The molecular formula is C54H42N2. The first-order valence-corrected chi connectivity index (χ1v) is 19.4. The van der Waals surface area contributed by atoms with Gasteiger partial charge in [-0.1, -0.05) is 164 Å². The molecule has 268 valence electrons. The summed E-state index contributed by atoms with van der Waals surface area (Å²) in [5.41, 5.74) is 16.3. The third kappa shape index (κ3) is 7.33.